The third kappa shape index (κ3) is 2.51. The van der Waals surface area contributed by atoms with Crippen molar-refractivity contribution in [3.8, 4) is 0 Å². The molecule has 0 saturated carbocycles. The van der Waals surface area contributed by atoms with Crippen LogP contribution in [0.5, 0.6) is 0 Å². The van der Waals surface area contributed by atoms with Gasteiger partial charge in [-0.1, -0.05) is 0 Å². The minimum atomic E-state index is -0.746. The number of aliphatic hydroxyl groups excluding tert-OH is 1. The highest BCUT2D eigenvalue weighted by Crippen LogP contribution is 2.33. The van der Waals surface area contributed by atoms with Crippen molar-refractivity contribution < 1.29 is 9.50 Å². The molecule has 0 aliphatic rings. The van der Waals surface area contributed by atoms with E-state index in [-0.39, 0.29) is 5.82 Å². The summed E-state index contributed by atoms with van der Waals surface area (Å²) in [5, 5.41) is 21.4. The topological polar surface area (TPSA) is 63.8 Å². The van der Waals surface area contributed by atoms with E-state index in [1.165, 1.54) is 22.5 Å². The molecule has 0 radical (unpaired) electrons. The molecular weight excluding hydrogens is 255 g/mol. The van der Waals surface area contributed by atoms with Crippen LogP contribution in [0, 0.1) is 12.7 Å². The van der Waals surface area contributed by atoms with Crippen LogP contribution < -0.4 is 0 Å². The first-order valence-electron chi connectivity index (χ1n) is 5.37. The maximum absolute atomic E-state index is 13.5. The second-order valence-corrected chi connectivity index (χ2v) is 5.01. The van der Waals surface area contributed by atoms with E-state index in [0.717, 1.165) is 4.90 Å². The van der Waals surface area contributed by atoms with Gasteiger partial charge in [-0.15, -0.1) is 5.10 Å². The highest BCUT2D eigenvalue weighted by molar-refractivity contribution is 7.99. The molecule has 0 fully saturated rings. The molecule has 0 saturated heterocycles. The molecule has 18 heavy (non-hydrogen) atoms. The van der Waals surface area contributed by atoms with Gasteiger partial charge in [0, 0.05) is 11.9 Å². The minimum Gasteiger partial charge on any atom is -0.389 e. The first kappa shape index (κ1) is 13.0. The van der Waals surface area contributed by atoms with Gasteiger partial charge in [-0.2, -0.15) is 0 Å². The molecule has 1 N–H and O–H groups in total. The number of benzene rings is 1. The van der Waals surface area contributed by atoms with Gasteiger partial charge in [-0.05, 0) is 59.3 Å². The van der Waals surface area contributed by atoms with Crippen LogP contribution in [0.2, 0.25) is 0 Å². The summed E-state index contributed by atoms with van der Waals surface area (Å²) in [5.41, 5.74) is 1.06. The van der Waals surface area contributed by atoms with Crippen LogP contribution in [0.4, 0.5) is 4.39 Å². The van der Waals surface area contributed by atoms with E-state index in [9.17, 15) is 9.50 Å². The van der Waals surface area contributed by atoms with Crippen molar-refractivity contribution in [3.05, 3.63) is 29.1 Å². The van der Waals surface area contributed by atoms with E-state index in [2.05, 4.69) is 15.5 Å². The van der Waals surface area contributed by atoms with Crippen LogP contribution in [0.3, 0.4) is 0 Å². The SMILES string of the molecule is Cc1cc(Sc2nnnn2C)c([C@@H](C)O)cc1F. The molecule has 5 nitrogen and oxygen atoms in total. The Hall–Kier alpha value is -1.47. The van der Waals surface area contributed by atoms with Crippen LogP contribution in [-0.4, -0.2) is 25.3 Å². The number of aryl methyl sites for hydroxylation is 2. The maximum Gasteiger partial charge on any atom is 0.213 e. The lowest BCUT2D eigenvalue weighted by Crippen LogP contribution is -1.99. The molecule has 2 rings (SSSR count). The lowest BCUT2D eigenvalue weighted by Gasteiger charge is -2.12. The van der Waals surface area contributed by atoms with E-state index < -0.39 is 6.10 Å². The Morgan fingerprint density at radius 1 is 1.44 bits per heavy atom. The zero-order chi connectivity index (χ0) is 13.3. The molecule has 0 unspecified atom stereocenters. The van der Waals surface area contributed by atoms with E-state index in [1.807, 2.05) is 0 Å². The van der Waals surface area contributed by atoms with E-state index in [1.54, 1.807) is 27.0 Å². The zero-order valence-corrected chi connectivity index (χ0v) is 11.1. The van der Waals surface area contributed by atoms with Crippen molar-refractivity contribution in [1.29, 1.82) is 0 Å². The summed E-state index contributed by atoms with van der Waals surface area (Å²) in [6.07, 6.45) is -0.746. The van der Waals surface area contributed by atoms with Crippen LogP contribution in [-0.2, 0) is 7.05 Å². The molecule has 2 aromatic rings. The van der Waals surface area contributed by atoms with Gasteiger partial charge in [-0.3, -0.25) is 0 Å². The average molecular weight is 268 g/mol. The summed E-state index contributed by atoms with van der Waals surface area (Å²) in [6, 6.07) is 3.04. The third-order valence-electron chi connectivity index (χ3n) is 2.52. The molecule has 7 heteroatoms. The first-order chi connectivity index (χ1) is 8.49. The monoisotopic (exact) mass is 268 g/mol. The number of hydrogen-bond acceptors (Lipinski definition) is 5. The Bertz CT molecular complexity index is 570. The molecule has 0 bridgehead atoms. The highest BCUT2D eigenvalue weighted by atomic mass is 32.2. The summed E-state index contributed by atoms with van der Waals surface area (Å²) < 4.78 is 15.0. The van der Waals surface area contributed by atoms with Crippen molar-refractivity contribution in [1.82, 2.24) is 20.2 Å². The van der Waals surface area contributed by atoms with E-state index in [4.69, 9.17) is 0 Å². The predicted octanol–water partition coefficient (Wildman–Crippen LogP) is 1.86. The molecular formula is C11H13FN4OS. The number of aliphatic hydroxyl groups is 1. The van der Waals surface area contributed by atoms with Crippen LogP contribution in [0.25, 0.3) is 0 Å². The van der Waals surface area contributed by atoms with Crippen molar-refractivity contribution in [2.24, 2.45) is 7.05 Å². The molecule has 96 valence electrons. The number of nitrogens with zero attached hydrogens (tertiary/aromatic N) is 4. The molecule has 0 aliphatic heterocycles. The summed E-state index contributed by atoms with van der Waals surface area (Å²) >= 11 is 1.30. The fourth-order valence-electron chi connectivity index (χ4n) is 1.49. The Morgan fingerprint density at radius 3 is 2.72 bits per heavy atom. The molecule has 0 spiro atoms. The van der Waals surface area contributed by atoms with Gasteiger partial charge in [-0.25, -0.2) is 9.07 Å². The predicted molar refractivity (Wildman–Crippen MR) is 64.7 cm³/mol. The fourth-order valence-corrected chi connectivity index (χ4v) is 2.52. The van der Waals surface area contributed by atoms with Crippen LogP contribution in [0.1, 0.15) is 24.2 Å². The van der Waals surface area contributed by atoms with Crippen LogP contribution >= 0.6 is 11.8 Å². The average Bonchev–Trinajstić information content (AvgIpc) is 2.69. The lowest BCUT2D eigenvalue weighted by atomic mass is 10.1. The molecule has 1 atom stereocenters. The second-order valence-electron chi connectivity index (χ2n) is 4.00. The second kappa shape index (κ2) is 5.03. The standard InChI is InChI=1S/C11H13FN4OS/c1-6-4-10(8(7(2)17)5-9(6)12)18-11-13-14-15-16(11)3/h4-5,7,17H,1-3H3/t7-/m1/s1. The van der Waals surface area contributed by atoms with Crippen molar-refractivity contribution in [2.75, 3.05) is 0 Å². The Kier molecular flexibility index (Phi) is 3.63. The number of halogens is 1. The molecule has 1 aromatic carbocycles. The third-order valence-corrected chi connectivity index (χ3v) is 3.63. The Balaban J connectivity index is 2.43. The molecule has 1 heterocycles. The number of rotatable bonds is 3. The van der Waals surface area contributed by atoms with Crippen molar-refractivity contribution in [2.45, 2.75) is 30.0 Å². The van der Waals surface area contributed by atoms with Crippen molar-refractivity contribution in [3.63, 3.8) is 0 Å². The lowest BCUT2D eigenvalue weighted by molar-refractivity contribution is 0.196. The summed E-state index contributed by atoms with van der Waals surface area (Å²) in [6.45, 7) is 3.28. The smallest absolute Gasteiger partial charge is 0.213 e. The maximum atomic E-state index is 13.5. The van der Waals surface area contributed by atoms with Gasteiger partial charge < -0.3 is 5.11 Å². The molecule has 0 aliphatic carbocycles. The van der Waals surface area contributed by atoms with E-state index in [0.29, 0.717) is 16.3 Å². The zero-order valence-electron chi connectivity index (χ0n) is 10.3. The molecule has 1 aromatic heterocycles. The summed E-state index contributed by atoms with van der Waals surface area (Å²) in [7, 11) is 1.72. The largest absolute Gasteiger partial charge is 0.389 e. The Labute approximate surface area is 108 Å². The Morgan fingerprint density at radius 2 is 2.17 bits per heavy atom. The summed E-state index contributed by atoms with van der Waals surface area (Å²) in [4.78, 5) is 0.752. The fraction of sp³-hybridized carbons (Fsp3) is 0.364. The number of aromatic nitrogens is 4. The molecule has 0 amide bonds. The summed E-state index contributed by atoms with van der Waals surface area (Å²) in [5.74, 6) is -0.327. The van der Waals surface area contributed by atoms with Gasteiger partial charge in [0.15, 0.2) is 0 Å². The normalized spacial score (nSPS) is 12.7. The number of tetrazole rings is 1. The first-order valence-corrected chi connectivity index (χ1v) is 6.19. The van der Waals surface area contributed by atoms with Gasteiger partial charge >= 0.3 is 0 Å². The number of hydrogen-bond donors (Lipinski definition) is 1. The minimum absolute atomic E-state index is 0.327. The van der Waals surface area contributed by atoms with Crippen LogP contribution in [0.15, 0.2) is 22.2 Å². The highest BCUT2D eigenvalue weighted by Gasteiger charge is 2.15. The quantitative estimate of drug-likeness (QED) is 0.920. The van der Waals surface area contributed by atoms with Gasteiger partial charge in [0.2, 0.25) is 5.16 Å². The van der Waals surface area contributed by atoms with Gasteiger partial charge in [0.05, 0.1) is 6.10 Å². The van der Waals surface area contributed by atoms with Gasteiger partial charge in [0.1, 0.15) is 5.82 Å². The van der Waals surface area contributed by atoms with E-state index >= 15 is 0 Å². The van der Waals surface area contributed by atoms with Crippen molar-refractivity contribution >= 4 is 11.8 Å². The van der Waals surface area contributed by atoms with Gasteiger partial charge in [0.25, 0.3) is 0 Å².